The number of hydrogen-bond donors (Lipinski definition) is 1. The van der Waals surface area contributed by atoms with Gasteiger partial charge in [0.2, 0.25) is 0 Å². The number of aliphatic hydroxyl groups excluding tert-OH is 1. The molecule has 5 nitrogen and oxygen atoms in total. The number of aliphatic hydroxyl groups is 1. The van der Waals surface area contributed by atoms with Crippen LogP contribution in [0.15, 0.2) is 36.0 Å². The molecule has 5 heteroatoms. The maximum absolute atomic E-state index is 11.3. The molecule has 0 aromatic heterocycles. The minimum atomic E-state index is -0.511. The van der Waals surface area contributed by atoms with Crippen molar-refractivity contribution in [3.63, 3.8) is 0 Å². The minimum absolute atomic E-state index is 0.0990. The van der Waals surface area contributed by atoms with E-state index in [0.29, 0.717) is 31.1 Å². The number of allylic oxidation sites excluding steroid dienone is 4. The molecular weight excluding hydrogens is 416 g/mol. The van der Waals surface area contributed by atoms with Crippen molar-refractivity contribution in [2.75, 3.05) is 13.7 Å². The van der Waals surface area contributed by atoms with E-state index in [-0.39, 0.29) is 30.2 Å². The smallest absolute Gasteiger partial charge is 0.305 e. The number of carbonyl (C=O) groups excluding carboxylic acids is 1. The second-order valence-electron chi connectivity index (χ2n) is 9.56. The van der Waals surface area contributed by atoms with E-state index >= 15 is 0 Å². The summed E-state index contributed by atoms with van der Waals surface area (Å²) in [6, 6.07) is 0. The molecule has 2 fully saturated rings. The molecule has 1 N–H and O–H groups in total. The van der Waals surface area contributed by atoms with Crippen LogP contribution in [0, 0.1) is 35.5 Å². The second kappa shape index (κ2) is 13.1. The first kappa shape index (κ1) is 25.7. The number of rotatable bonds is 10. The quantitative estimate of drug-likeness (QED) is 0.286. The lowest BCUT2D eigenvalue weighted by Crippen LogP contribution is -2.31. The first-order valence-corrected chi connectivity index (χ1v) is 12.5. The first-order valence-electron chi connectivity index (χ1n) is 12.5. The predicted molar refractivity (Wildman–Crippen MR) is 129 cm³/mol. The summed E-state index contributed by atoms with van der Waals surface area (Å²) in [7, 11) is 1.42. The van der Waals surface area contributed by atoms with Crippen molar-refractivity contribution in [2.45, 2.75) is 83.7 Å². The molecule has 3 rings (SSSR count). The minimum Gasteiger partial charge on any atom is -0.469 e. The van der Waals surface area contributed by atoms with Crippen molar-refractivity contribution in [2.24, 2.45) is 23.7 Å². The summed E-state index contributed by atoms with van der Waals surface area (Å²) < 4.78 is 17.0. The summed E-state index contributed by atoms with van der Waals surface area (Å²) in [5.74, 6) is 7.08. The Morgan fingerprint density at radius 3 is 2.97 bits per heavy atom. The van der Waals surface area contributed by atoms with Gasteiger partial charge >= 0.3 is 5.97 Å². The van der Waals surface area contributed by atoms with Crippen molar-refractivity contribution >= 4 is 5.97 Å². The fraction of sp³-hybridized carbons (Fsp3) is 0.679. The number of ether oxygens (including phenoxy) is 3. The largest absolute Gasteiger partial charge is 0.469 e. The highest BCUT2D eigenvalue weighted by Crippen LogP contribution is 2.49. The summed E-state index contributed by atoms with van der Waals surface area (Å²) in [6.45, 7) is 4.65. The molecule has 0 spiro atoms. The van der Waals surface area contributed by atoms with Crippen LogP contribution < -0.4 is 0 Å². The lowest BCUT2D eigenvalue weighted by atomic mass is 9.88. The van der Waals surface area contributed by atoms with Gasteiger partial charge in [-0.1, -0.05) is 42.9 Å². The van der Waals surface area contributed by atoms with Gasteiger partial charge in [-0.2, -0.15) is 0 Å². The molecule has 0 aromatic rings. The van der Waals surface area contributed by atoms with Crippen LogP contribution in [0.3, 0.4) is 0 Å². The number of esters is 1. The zero-order valence-corrected chi connectivity index (χ0v) is 20.4. The predicted octanol–water partition coefficient (Wildman–Crippen LogP) is 4.96. The standard InChI is InChI=1S/C28H40O5/c1-4-5-10-20(2)25(29)15-14-23-24-18-21(11-6-7-12-27(30)31-3)17-22(24)19-26(23)33-28-13-8-9-16-32-28/h6,11,14-15,17,20,22-26,28-29H,7-10,12-13,16,18-19H2,1-3H3/b11-6?,15-14-/t20?,22-,23-,24-,25+,26+,28?/m0/s1. The lowest BCUT2D eigenvalue weighted by Gasteiger charge is -2.29. The Bertz CT molecular complexity index is 780. The average molecular weight is 457 g/mol. The van der Waals surface area contributed by atoms with Crippen LogP contribution in [-0.2, 0) is 19.0 Å². The Balaban J connectivity index is 1.64. The van der Waals surface area contributed by atoms with Gasteiger partial charge < -0.3 is 19.3 Å². The summed E-state index contributed by atoms with van der Waals surface area (Å²) >= 11 is 0. The maximum atomic E-state index is 11.3. The summed E-state index contributed by atoms with van der Waals surface area (Å²) in [5.41, 5.74) is 1.33. The summed E-state index contributed by atoms with van der Waals surface area (Å²) in [6.07, 6.45) is 17.2. The number of fused-ring (bicyclic) bond motifs is 1. The van der Waals surface area contributed by atoms with Gasteiger partial charge in [0, 0.05) is 25.4 Å². The van der Waals surface area contributed by atoms with Gasteiger partial charge in [0.15, 0.2) is 6.29 Å². The molecule has 1 aliphatic heterocycles. The van der Waals surface area contributed by atoms with Gasteiger partial charge in [0.1, 0.15) is 0 Å². The van der Waals surface area contributed by atoms with Crippen LogP contribution in [0.2, 0.25) is 0 Å². The molecule has 1 heterocycles. The van der Waals surface area contributed by atoms with Crippen molar-refractivity contribution in [1.29, 1.82) is 0 Å². The summed E-state index contributed by atoms with van der Waals surface area (Å²) in [5, 5.41) is 10.6. The van der Waals surface area contributed by atoms with Gasteiger partial charge in [-0.05, 0) is 63.2 Å². The molecule has 0 radical (unpaired) electrons. The first-order chi connectivity index (χ1) is 16.0. The Hall–Kier alpha value is -1.87. The fourth-order valence-electron chi connectivity index (χ4n) is 5.16. The Kier molecular flexibility index (Phi) is 10.2. The van der Waals surface area contributed by atoms with Crippen LogP contribution in [0.5, 0.6) is 0 Å². The SMILES string of the molecule is CC#CCC(C)[C@H](O)/C=C\[C@H]1[C@H]2CC(C=CCCC(=O)OC)=C[C@H]2C[C@H]1OC1CCCCO1. The van der Waals surface area contributed by atoms with Gasteiger partial charge in [0.25, 0.3) is 0 Å². The normalized spacial score (nSPS) is 31.2. The molecule has 0 amide bonds. The maximum Gasteiger partial charge on any atom is 0.305 e. The molecule has 1 saturated heterocycles. The van der Waals surface area contributed by atoms with Crippen LogP contribution in [0.1, 0.15) is 65.2 Å². The average Bonchev–Trinajstić information content (AvgIpc) is 3.36. The van der Waals surface area contributed by atoms with E-state index < -0.39 is 6.10 Å². The van der Waals surface area contributed by atoms with E-state index in [1.54, 1.807) is 0 Å². The van der Waals surface area contributed by atoms with Gasteiger partial charge in [0.05, 0.1) is 19.3 Å². The zero-order valence-electron chi connectivity index (χ0n) is 20.4. The second-order valence-corrected chi connectivity index (χ2v) is 9.56. The van der Waals surface area contributed by atoms with Gasteiger partial charge in [-0.15, -0.1) is 11.8 Å². The Morgan fingerprint density at radius 2 is 2.24 bits per heavy atom. The highest BCUT2D eigenvalue weighted by atomic mass is 16.7. The molecule has 2 unspecified atom stereocenters. The van der Waals surface area contributed by atoms with Crippen molar-refractivity contribution < 1.29 is 24.1 Å². The molecule has 7 atom stereocenters. The van der Waals surface area contributed by atoms with E-state index in [1.807, 2.05) is 19.9 Å². The van der Waals surface area contributed by atoms with Crippen molar-refractivity contribution in [3.8, 4) is 11.8 Å². The van der Waals surface area contributed by atoms with E-state index in [2.05, 4.69) is 36.1 Å². The number of hydrogen-bond acceptors (Lipinski definition) is 5. The topological polar surface area (TPSA) is 65.0 Å². The van der Waals surface area contributed by atoms with Crippen LogP contribution in [0.4, 0.5) is 0 Å². The van der Waals surface area contributed by atoms with Crippen molar-refractivity contribution in [3.05, 3.63) is 36.0 Å². The van der Waals surface area contributed by atoms with E-state index in [4.69, 9.17) is 14.2 Å². The molecule has 182 valence electrons. The number of carbonyl (C=O) groups is 1. The van der Waals surface area contributed by atoms with E-state index in [0.717, 1.165) is 38.7 Å². The van der Waals surface area contributed by atoms with Crippen molar-refractivity contribution in [1.82, 2.24) is 0 Å². The monoisotopic (exact) mass is 456 g/mol. The Labute approximate surface area is 199 Å². The number of methoxy groups -OCH3 is 1. The highest BCUT2D eigenvalue weighted by Gasteiger charge is 2.45. The third kappa shape index (κ3) is 7.57. The van der Waals surface area contributed by atoms with Crippen LogP contribution in [0.25, 0.3) is 0 Å². The molecule has 1 saturated carbocycles. The lowest BCUT2D eigenvalue weighted by molar-refractivity contribution is -0.192. The molecule has 0 bridgehead atoms. The third-order valence-corrected chi connectivity index (χ3v) is 7.13. The molecular formula is C28H40O5. The molecule has 3 aliphatic rings. The van der Waals surface area contributed by atoms with Crippen LogP contribution >= 0.6 is 0 Å². The molecule has 2 aliphatic carbocycles. The van der Waals surface area contributed by atoms with E-state index in [9.17, 15) is 9.90 Å². The zero-order chi connectivity index (χ0) is 23.6. The molecule has 0 aromatic carbocycles. The van der Waals surface area contributed by atoms with E-state index in [1.165, 1.54) is 12.7 Å². The Morgan fingerprint density at radius 1 is 1.39 bits per heavy atom. The highest BCUT2D eigenvalue weighted by molar-refractivity contribution is 5.69. The van der Waals surface area contributed by atoms with Gasteiger partial charge in [-0.3, -0.25) is 4.79 Å². The molecule has 33 heavy (non-hydrogen) atoms. The summed E-state index contributed by atoms with van der Waals surface area (Å²) in [4.78, 5) is 11.3. The third-order valence-electron chi connectivity index (χ3n) is 7.13. The van der Waals surface area contributed by atoms with Gasteiger partial charge in [-0.25, -0.2) is 0 Å². The fourth-order valence-corrected chi connectivity index (χ4v) is 5.16. The van der Waals surface area contributed by atoms with Crippen LogP contribution in [-0.4, -0.2) is 43.3 Å².